The van der Waals surface area contributed by atoms with Crippen LogP contribution in [0, 0.1) is 5.82 Å². The molecule has 0 fully saturated rings. The summed E-state index contributed by atoms with van der Waals surface area (Å²) in [7, 11) is 0.780. The number of alkyl halides is 3. The predicted molar refractivity (Wildman–Crippen MR) is 102 cm³/mol. The van der Waals surface area contributed by atoms with Crippen LogP contribution in [0.1, 0.15) is 22.3 Å². The minimum absolute atomic E-state index is 0.0334. The van der Waals surface area contributed by atoms with Gasteiger partial charge in [-0.1, -0.05) is 11.6 Å². The van der Waals surface area contributed by atoms with Crippen molar-refractivity contribution < 1.29 is 27.1 Å². The first-order valence-electron chi connectivity index (χ1n) is 8.35. The van der Waals surface area contributed by atoms with Crippen LogP contribution in [-0.2, 0) is 18.0 Å². The van der Waals surface area contributed by atoms with Crippen molar-refractivity contribution in [1.29, 1.82) is 0 Å². The molecule has 3 aromatic rings. The zero-order valence-corrected chi connectivity index (χ0v) is 17.2. The molecule has 3 aromatic heterocycles. The Kier molecular flexibility index (Phi) is 6.00. The standard InChI is InChI=1S/C17H11ClF4N4O4S/c1-3-30-15(28)9-6-23-14(31-9)12-7(18)4-8(19)13(24-12)26-11(27)5-10(17(20,21)22)25(2)16(26)29/h4-6H,3H2,1-2H3. The fourth-order valence-electron chi connectivity index (χ4n) is 2.54. The summed E-state index contributed by atoms with van der Waals surface area (Å²) in [6.07, 6.45) is -3.81. The van der Waals surface area contributed by atoms with Crippen LogP contribution in [0.15, 0.2) is 27.9 Å². The monoisotopic (exact) mass is 478 g/mol. The molecule has 0 saturated heterocycles. The number of nitrogens with zero attached hydrogens (tertiary/aromatic N) is 4. The van der Waals surface area contributed by atoms with Gasteiger partial charge in [-0.05, 0) is 13.0 Å². The van der Waals surface area contributed by atoms with E-state index in [9.17, 15) is 31.9 Å². The zero-order valence-electron chi connectivity index (χ0n) is 15.7. The zero-order chi connectivity index (χ0) is 23.1. The Balaban J connectivity index is 2.20. The number of rotatable bonds is 4. The minimum Gasteiger partial charge on any atom is -0.462 e. The van der Waals surface area contributed by atoms with Crippen molar-refractivity contribution in [3.05, 3.63) is 60.6 Å². The van der Waals surface area contributed by atoms with Gasteiger partial charge in [-0.3, -0.25) is 9.36 Å². The van der Waals surface area contributed by atoms with Crippen LogP contribution in [0.3, 0.4) is 0 Å². The highest BCUT2D eigenvalue weighted by Crippen LogP contribution is 2.32. The van der Waals surface area contributed by atoms with Gasteiger partial charge in [-0.25, -0.2) is 28.5 Å². The van der Waals surface area contributed by atoms with E-state index in [1.807, 2.05) is 0 Å². The molecule has 0 spiro atoms. The molecular formula is C17H11ClF4N4O4S. The third kappa shape index (κ3) is 4.23. The van der Waals surface area contributed by atoms with Gasteiger partial charge >= 0.3 is 17.8 Å². The summed E-state index contributed by atoms with van der Waals surface area (Å²) in [5.74, 6) is -2.76. The van der Waals surface area contributed by atoms with E-state index >= 15 is 0 Å². The molecule has 164 valence electrons. The molecule has 0 N–H and O–H groups in total. The molecular weight excluding hydrogens is 468 g/mol. The lowest BCUT2D eigenvalue weighted by Gasteiger charge is -2.14. The van der Waals surface area contributed by atoms with Gasteiger partial charge in [0.25, 0.3) is 5.56 Å². The van der Waals surface area contributed by atoms with Gasteiger partial charge in [0.2, 0.25) is 0 Å². The van der Waals surface area contributed by atoms with Gasteiger partial charge < -0.3 is 4.74 Å². The summed E-state index contributed by atoms with van der Waals surface area (Å²) < 4.78 is 58.7. The van der Waals surface area contributed by atoms with E-state index in [1.165, 1.54) is 6.20 Å². The summed E-state index contributed by atoms with van der Waals surface area (Å²) >= 11 is 6.80. The fourth-order valence-corrected chi connectivity index (χ4v) is 3.63. The fraction of sp³-hybridized carbons (Fsp3) is 0.235. The lowest BCUT2D eigenvalue weighted by atomic mass is 10.3. The van der Waals surface area contributed by atoms with Crippen LogP contribution in [0.2, 0.25) is 5.02 Å². The number of aromatic nitrogens is 4. The Bertz CT molecular complexity index is 1300. The van der Waals surface area contributed by atoms with Crippen LogP contribution in [0.25, 0.3) is 16.5 Å². The minimum atomic E-state index is -4.98. The Morgan fingerprint density at radius 2 is 1.97 bits per heavy atom. The van der Waals surface area contributed by atoms with E-state index in [-0.39, 0.29) is 42.4 Å². The van der Waals surface area contributed by atoms with Crippen molar-refractivity contribution in [3.63, 3.8) is 0 Å². The first kappa shape index (κ1) is 22.6. The van der Waals surface area contributed by atoms with Crippen molar-refractivity contribution in [3.8, 4) is 16.5 Å². The number of thiazole rings is 1. The maximum Gasteiger partial charge on any atom is 0.431 e. The highest BCUT2D eigenvalue weighted by molar-refractivity contribution is 7.16. The molecule has 0 radical (unpaired) electrons. The highest BCUT2D eigenvalue weighted by atomic mass is 35.5. The Morgan fingerprint density at radius 3 is 2.58 bits per heavy atom. The molecule has 3 rings (SSSR count). The largest absolute Gasteiger partial charge is 0.462 e. The van der Waals surface area contributed by atoms with Crippen molar-refractivity contribution in [1.82, 2.24) is 19.1 Å². The van der Waals surface area contributed by atoms with E-state index in [2.05, 4.69) is 9.97 Å². The molecule has 0 aliphatic rings. The summed E-state index contributed by atoms with van der Waals surface area (Å²) in [5, 5.41) is -0.228. The normalized spacial score (nSPS) is 11.6. The molecule has 14 heteroatoms. The van der Waals surface area contributed by atoms with Gasteiger partial charge in [0.05, 0.1) is 17.8 Å². The molecule has 0 aliphatic carbocycles. The van der Waals surface area contributed by atoms with E-state index in [0.717, 1.165) is 24.5 Å². The van der Waals surface area contributed by atoms with E-state index in [0.29, 0.717) is 0 Å². The molecule has 0 aliphatic heterocycles. The third-order valence-electron chi connectivity index (χ3n) is 3.92. The van der Waals surface area contributed by atoms with Crippen LogP contribution >= 0.6 is 22.9 Å². The number of carbonyl (C=O) groups excluding carboxylic acids is 1. The third-order valence-corrected chi connectivity index (χ3v) is 5.19. The van der Waals surface area contributed by atoms with Crippen molar-refractivity contribution >= 4 is 28.9 Å². The second kappa shape index (κ2) is 8.23. The van der Waals surface area contributed by atoms with E-state index in [4.69, 9.17) is 16.3 Å². The molecule has 3 heterocycles. The SMILES string of the molecule is CCOC(=O)c1cnc(-c2nc(-n3c(=O)cc(C(F)(F)F)n(C)c3=O)c(F)cc2Cl)s1. The van der Waals surface area contributed by atoms with Gasteiger partial charge in [0.15, 0.2) is 11.6 Å². The van der Waals surface area contributed by atoms with E-state index < -0.39 is 40.7 Å². The molecule has 0 unspecified atom stereocenters. The molecule has 31 heavy (non-hydrogen) atoms. The van der Waals surface area contributed by atoms with Gasteiger partial charge in [0, 0.05) is 13.1 Å². The Labute approximate surface area is 179 Å². The summed E-state index contributed by atoms with van der Waals surface area (Å²) in [5.41, 5.74) is -4.60. The molecule has 8 nitrogen and oxygen atoms in total. The number of halogens is 5. The van der Waals surface area contributed by atoms with Crippen molar-refractivity contribution in [2.75, 3.05) is 6.61 Å². The summed E-state index contributed by atoms with van der Waals surface area (Å²) in [4.78, 5) is 44.4. The van der Waals surface area contributed by atoms with Crippen LogP contribution in [0.5, 0.6) is 0 Å². The topological polar surface area (TPSA) is 96.1 Å². The van der Waals surface area contributed by atoms with Crippen LogP contribution < -0.4 is 11.2 Å². The van der Waals surface area contributed by atoms with Gasteiger partial charge in [-0.15, -0.1) is 11.3 Å². The predicted octanol–water partition coefficient (Wildman–Crippen LogP) is 3.04. The second-order valence-electron chi connectivity index (χ2n) is 5.92. The molecule has 0 saturated carbocycles. The molecule has 0 aromatic carbocycles. The van der Waals surface area contributed by atoms with Crippen LogP contribution in [-0.4, -0.2) is 31.7 Å². The highest BCUT2D eigenvalue weighted by Gasteiger charge is 2.35. The number of carbonyl (C=O) groups is 1. The first-order chi connectivity index (χ1) is 14.5. The quantitative estimate of drug-likeness (QED) is 0.422. The number of hydrogen-bond donors (Lipinski definition) is 0. The number of hydrogen-bond acceptors (Lipinski definition) is 7. The Hall–Kier alpha value is -3.06. The van der Waals surface area contributed by atoms with Crippen molar-refractivity contribution in [2.24, 2.45) is 7.05 Å². The van der Waals surface area contributed by atoms with Crippen LogP contribution in [0.4, 0.5) is 17.6 Å². The second-order valence-corrected chi connectivity index (χ2v) is 7.35. The number of ether oxygens (including phenoxy) is 1. The molecule has 0 bridgehead atoms. The molecule has 0 amide bonds. The van der Waals surface area contributed by atoms with Gasteiger partial charge in [-0.2, -0.15) is 13.2 Å². The lowest BCUT2D eigenvalue weighted by molar-refractivity contribution is -0.144. The Morgan fingerprint density at radius 1 is 1.29 bits per heavy atom. The van der Waals surface area contributed by atoms with Gasteiger partial charge in [0.1, 0.15) is 21.3 Å². The lowest BCUT2D eigenvalue weighted by Crippen LogP contribution is -2.41. The molecule has 0 atom stereocenters. The first-order valence-corrected chi connectivity index (χ1v) is 9.55. The van der Waals surface area contributed by atoms with E-state index in [1.54, 1.807) is 6.92 Å². The number of esters is 1. The average molecular weight is 479 g/mol. The number of pyridine rings is 1. The maximum atomic E-state index is 14.5. The summed E-state index contributed by atoms with van der Waals surface area (Å²) in [6, 6.07) is 0.882. The maximum absolute atomic E-state index is 14.5. The smallest absolute Gasteiger partial charge is 0.431 e. The summed E-state index contributed by atoms with van der Waals surface area (Å²) in [6.45, 7) is 1.72. The van der Waals surface area contributed by atoms with Crippen molar-refractivity contribution in [2.45, 2.75) is 13.1 Å². The average Bonchev–Trinajstić information content (AvgIpc) is 3.15.